The average molecular weight is 509 g/mol. The summed E-state index contributed by atoms with van der Waals surface area (Å²) in [7, 11) is 0.274. The summed E-state index contributed by atoms with van der Waals surface area (Å²) in [5.74, 6) is -0.496. The third-order valence-corrected chi connectivity index (χ3v) is 7.69. The molecule has 4 N–H and O–H groups in total. The van der Waals surface area contributed by atoms with Gasteiger partial charge < -0.3 is 19.8 Å². The second kappa shape index (κ2) is 11.6. The summed E-state index contributed by atoms with van der Waals surface area (Å²) in [6.07, 6.45) is 4.68. The van der Waals surface area contributed by atoms with Crippen LogP contribution in [-0.4, -0.2) is 67.3 Å². The van der Waals surface area contributed by atoms with Crippen molar-refractivity contribution in [2.24, 2.45) is 5.92 Å². The molecule has 0 bridgehead atoms. The molecule has 9 heteroatoms. The predicted octanol–water partition coefficient (Wildman–Crippen LogP) is 2.87. The molecule has 2 aromatic carbocycles. The van der Waals surface area contributed by atoms with Crippen molar-refractivity contribution in [3.8, 4) is 0 Å². The maximum atomic E-state index is 12.9. The molecular formula is C26H38NO7S+. The third kappa shape index (κ3) is 7.35. The number of hydrogen-bond donors (Lipinski definition) is 2. The van der Waals surface area contributed by atoms with Gasteiger partial charge in [-0.25, -0.2) is 4.79 Å². The second-order valence-electron chi connectivity index (χ2n) is 10.1. The number of carbonyl (C=O) groups is 1. The van der Waals surface area contributed by atoms with Gasteiger partial charge in [-0.2, -0.15) is 8.42 Å². The molecule has 0 amide bonds. The lowest BCUT2D eigenvalue weighted by Gasteiger charge is -2.33. The zero-order valence-corrected chi connectivity index (χ0v) is 21.5. The van der Waals surface area contributed by atoms with Gasteiger partial charge >= 0.3 is 5.97 Å². The van der Waals surface area contributed by atoms with Crippen LogP contribution in [0.4, 0.5) is 0 Å². The van der Waals surface area contributed by atoms with Crippen LogP contribution in [0.5, 0.6) is 0 Å². The number of nitrogens with zero attached hydrogens (tertiary/aromatic N) is 1. The van der Waals surface area contributed by atoms with Crippen LogP contribution >= 0.6 is 0 Å². The molecule has 0 aromatic heterocycles. The molecule has 8 nitrogen and oxygen atoms in total. The molecule has 1 heterocycles. The third-order valence-electron chi connectivity index (χ3n) is 6.82. The van der Waals surface area contributed by atoms with Crippen molar-refractivity contribution in [2.45, 2.75) is 55.6 Å². The summed E-state index contributed by atoms with van der Waals surface area (Å²) >= 11 is 0. The van der Waals surface area contributed by atoms with E-state index in [2.05, 4.69) is 14.1 Å². The van der Waals surface area contributed by atoms with Crippen molar-refractivity contribution < 1.29 is 37.6 Å². The summed E-state index contributed by atoms with van der Waals surface area (Å²) in [6.45, 7) is 3.67. The van der Waals surface area contributed by atoms with E-state index in [1.807, 2.05) is 37.3 Å². The SMILES string of the molecule is C[N+]1(C)CC[C@@H](OC(=O)[C@](O)(c2ccccc2)C2CCCC2)C1.Cc1ccc(S(=O)(=O)O)cc1.O. The predicted molar refractivity (Wildman–Crippen MR) is 133 cm³/mol. The maximum absolute atomic E-state index is 12.9. The van der Waals surface area contributed by atoms with Crippen molar-refractivity contribution in [3.63, 3.8) is 0 Å². The Morgan fingerprint density at radius 3 is 2.06 bits per heavy atom. The van der Waals surface area contributed by atoms with E-state index >= 15 is 0 Å². The van der Waals surface area contributed by atoms with Crippen LogP contribution in [0, 0.1) is 12.8 Å². The number of aliphatic hydroxyl groups is 1. The molecule has 0 spiro atoms. The van der Waals surface area contributed by atoms with Gasteiger partial charge in [0, 0.05) is 12.3 Å². The quantitative estimate of drug-likeness (QED) is 0.363. The van der Waals surface area contributed by atoms with E-state index in [0.717, 1.165) is 55.2 Å². The molecule has 1 saturated heterocycles. The fourth-order valence-corrected chi connectivity index (χ4v) is 5.31. The number of carbonyl (C=O) groups excluding carboxylic acids is 1. The number of benzene rings is 2. The molecule has 1 saturated carbocycles. The van der Waals surface area contributed by atoms with Crippen LogP contribution in [0.25, 0.3) is 0 Å². The number of quaternary nitrogens is 1. The van der Waals surface area contributed by atoms with Gasteiger partial charge in [-0.15, -0.1) is 0 Å². The molecule has 1 aliphatic heterocycles. The van der Waals surface area contributed by atoms with Crippen LogP contribution in [-0.2, 0) is 25.3 Å². The van der Waals surface area contributed by atoms with Crippen molar-refractivity contribution in [1.29, 1.82) is 0 Å². The largest absolute Gasteiger partial charge is 0.454 e. The second-order valence-corrected chi connectivity index (χ2v) is 11.5. The van der Waals surface area contributed by atoms with Gasteiger partial charge in [-0.3, -0.25) is 4.55 Å². The highest BCUT2D eigenvalue weighted by Crippen LogP contribution is 2.42. The number of hydrogen-bond acceptors (Lipinski definition) is 5. The Hall–Kier alpha value is -2.30. The van der Waals surface area contributed by atoms with Crippen molar-refractivity contribution in [1.82, 2.24) is 0 Å². The van der Waals surface area contributed by atoms with Gasteiger partial charge in [0.1, 0.15) is 6.54 Å². The van der Waals surface area contributed by atoms with Crippen molar-refractivity contribution in [3.05, 3.63) is 65.7 Å². The first-order chi connectivity index (χ1) is 15.9. The number of esters is 1. The zero-order chi connectivity index (χ0) is 25.0. The maximum Gasteiger partial charge on any atom is 0.343 e. The summed E-state index contributed by atoms with van der Waals surface area (Å²) in [4.78, 5) is 12.9. The number of ether oxygens (including phenoxy) is 1. The Morgan fingerprint density at radius 2 is 1.57 bits per heavy atom. The first-order valence-corrected chi connectivity index (χ1v) is 13.2. The molecular weight excluding hydrogens is 470 g/mol. The van der Waals surface area contributed by atoms with E-state index in [-0.39, 0.29) is 22.4 Å². The van der Waals surface area contributed by atoms with E-state index < -0.39 is 21.7 Å². The van der Waals surface area contributed by atoms with Crippen LogP contribution in [0.3, 0.4) is 0 Å². The summed E-state index contributed by atoms with van der Waals surface area (Å²) in [5, 5.41) is 11.4. The fourth-order valence-electron chi connectivity index (χ4n) is 4.83. The Kier molecular flexibility index (Phi) is 9.61. The van der Waals surface area contributed by atoms with Gasteiger partial charge in [0.25, 0.3) is 10.1 Å². The van der Waals surface area contributed by atoms with Gasteiger partial charge in [-0.1, -0.05) is 60.9 Å². The lowest BCUT2D eigenvalue weighted by atomic mass is 9.80. The summed E-state index contributed by atoms with van der Waals surface area (Å²) in [5.41, 5.74) is 0.123. The van der Waals surface area contributed by atoms with Crippen molar-refractivity contribution in [2.75, 3.05) is 27.2 Å². The standard InChI is InChI=1S/C19H28NO3.C7H8O3S.H2O/c1-20(2)13-12-17(14-20)23-18(21)19(22,16-10-6-7-11-16)15-8-4-3-5-9-15;1-6-2-4-7(5-3-6)11(8,9)10;/h3-5,8-9,16-17,22H,6-7,10-14H2,1-2H3;2-5H,1H3,(H,8,9,10);1H2/q+1;;/t17-,19+;;/m1../s1. The lowest BCUT2D eigenvalue weighted by Crippen LogP contribution is -2.46. The molecule has 194 valence electrons. The highest BCUT2D eigenvalue weighted by atomic mass is 32.2. The van der Waals surface area contributed by atoms with E-state index in [1.54, 1.807) is 12.1 Å². The van der Waals surface area contributed by atoms with Gasteiger partial charge in [0.15, 0.2) is 11.7 Å². The summed E-state index contributed by atoms with van der Waals surface area (Å²) < 4.78 is 36.2. The van der Waals surface area contributed by atoms with Crippen LogP contribution in [0.15, 0.2) is 59.5 Å². The van der Waals surface area contributed by atoms with Crippen LogP contribution in [0.1, 0.15) is 43.2 Å². The van der Waals surface area contributed by atoms with Crippen LogP contribution in [0.2, 0.25) is 0 Å². The minimum atomic E-state index is -4.02. The van der Waals surface area contributed by atoms with E-state index in [4.69, 9.17) is 9.29 Å². The summed E-state index contributed by atoms with van der Waals surface area (Å²) in [6, 6.07) is 15.3. The van der Waals surface area contributed by atoms with E-state index in [9.17, 15) is 18.3 Å². The van der Waals surface area contributed by atoms with Gasteiger partial charge in [-0.05, 0) is 37.5 Å². The molecule has 4 rings (SSSR count). The van der Waals surface area contributed by atoms with E-state index in [1.165, 1.54) is 12.1 Å². The Balaban J connectivity index is 0.000000305. The normalized spacial score (nSPS) is 21.2. The highest BCUT2D eigenvalue weighted by Gasteiger charge is 2.49. The van der Waals surface area contributed by atoms with Crippen molar-refractivity contribution >= 4 is 16.1 Å². The molecule has 35 heavy (non-hydrogen) atoms. The molecule has 1 aliphatic carbocycles. The first-order valence-electron chi connectivity index (χ1n) is 11.8. The van der Waals surface area contributed by atoms with Gasteiger partial charge in [0.2, 0.25) is 0 Å². The lowest BCUT2D eigenvalue weighted by molar-refractivity contribution is -0.879. The monoisotopic (exact) mass is 508 g/mol. The molecule has 2 atom stereocenters. The molecule has 0 radical (unpaired) electrons. The van der Waals surface area contributed by atoms with Gasteiger partial charge in [0.05, 0.1) is 25.5 Å². The Labute approximate surface area is 208 Å². The minimum Gasteiger partial charge on any atom is -0.454 e. The highest BCUT2D eigenvalue weighted by molar-refractivity contribution is 7.85. The number of rotatable bonds is 5. The average Bonchev–Trinajstić information content (AvgIpc) is 3.44. The van der Waals surface area contributed by atoms with E-state index in [0.29, 0.717) is 5.56 Å². The Bertz CT molecular complexity index is 1060. The fraction of sp³-hybridized carbons (Fsp3) is 0.500. The van der Waals surface area contributed by atoms with Crippen LogP contribution < -0.4 is 0 Å². The zero-order valence-electron chi connectivity index (χ0n) is 20.7. The number of likely N-dealkylation sites (tertiary alicyclic amines) is 1. The topological polar surface area (TPSA) is 132 Å². The number of likely N-dealkylation sites (N-methyl/N-ethyl adjacent to an activating group) is 1. The molecule has 2 fully saturated rings. The minimum absolute atomic E-state index is 0. The molecule has 2 aromatic rings. The number of aryl methyl sites for hydroxylation is 1. The smallest absolute Gasteiger partial charge is 0.343 e. The molecule has 2 aliphatic rings. The molecule has 0 unspecified atom stereocenters. The Morgan fingerprint density at radius 1 is 1.00 bits per heavy atom. The first kappa shape index (κ1) is 28.9.